The highest BCUT2D eigenvalue weighted by atomic mass is 15.3. The first-order valence-electron chi connectivity index (χ1n) is 6.05. The van der Waals surface area contributed by atoms with Crippen LogP contribution < -0.4 is 5.73 Å². The van der Waals surface area contributed by atoms with Crippen LogP contribution in [-0.2, 0) is 0 Å². The van der Waals surface area contributed by atoms with Crippen molar-refractivity contribution >= 4 is 5.84 Å². The Labute approximate surface area is 91.9 Å². The van der Waals surface area contributed by atoms with Crippen LogP contribution in [0.2, 0.25) is 0 Å². The largest absolute Gasteiger partial charge is 0.387 e. The smallest absolute Gasteiger partial charge is 0.105 e. The number of hydrogen-bond donors (Lipinski definition) is 2. The first-order chi connectivity index (χ1) is 7.25. The Morgan fingerprint density at radius 1 is 1.13 bits per heavy atom. The van der Waals surface area contributed by atoms with Crippen molar-refractivity contribution < 1.29 is 0 Å². The number of nitrogens with two attached hydrogens (primary N) is 1. The third-order valence-corrected chi connectivity index (χ3v) is 3.64. The van der Waals surface area contributed by atoms with E-state index in [1.807, 2.05) is 0 Å². The van der Waals surface area contributed by atoms with Gasteiger partial charge in [-0.2, -0.15) is 0 Å². The fraction of sp³-hybridized carbons (Fsp3) is 0.909. The Bertz CT molecular complexity index is 215. The molecule has 0 amide bonds. The zero-order valence-electron chi connectivity index (χ0n) is 9.41. The van der Waals surface area contributed by atoms with Crippen LogP contribution in [0, 0.1) is 5.41 Å². The van der Waals surface area contributed by atoms with Crippen molar-refractivity contribution in [2.45, 2.75) is 31.7 Å². The Morgan fingerprint density at radius 3 is 2.27 bits per heavy atom. The number of nitrogens with zero attached hydrogens (tertiary/aromatic N) is 2. The Balaban J connectivity index is 1.73. The van der Waals surface area contributed by atoms with Crippen molar-refractivity contribution in [3.63, 3.8) is 0 Å². The first-order valence-corrected chi connectivity index (χ1v) is 6.05. The van der Waals surface area contributed by atoms with Gasteiger partial charge in [0.25, 0.3) is 0 Å². The van der Waals surface area contributed by atoms with E-state index in [1.165, 1.54) is 25.7 Å². The zero-order chi connectivity index (χ0) is 10.7. The highest BCUT2D eigenvalue weighted by Gasteiger charge is 2.25. The lowest BCUT2D eigenvalue weighted by molar-refractivity contribution is 0.107. The van der Waals surface area contributed by atoms with E-state index in [1.54, 1.807) is 0 Å². The fourth-order valence-electron chi connectivity index (χ4n) is 2.80. The van der Waals surface area contributed by atoms with Crippen molar-refractivity contribution in [2.24, 2.45) is 5.73 Å². The quantitative estimate of drug-likeness (QED) is 0.526. The standard InChI is InChI=1S/C11H22N4/c12-11(13)9-14-5-7-15(8-6-14)10-3-1-2-4-10/h10H,1-9H2,(H3,12,13). The number of nitrogens with one attached hydrogen (secondary N) is 1. The summed E-state index contributed by atoms with van der Waals surface area (Å²) in [4.78, 5) is 4.91. The summed E-state index contributed by atoms with van der Waals surface area (Å²) in [6.07, 6.45) is 5.62. The second-order valence-corrected chi connectivity index (χ2v) is 4.78. The van der Waals surface area contributed by atoms with E-state index in [2.05, 4.69) is 9.80 Å². The molecule has 0 bridgehead atoms. The van der Waals surface area contributed by atoms with Gasteiger partial charge in [-0.05, 0) is 12.8 Å². The summed E-state index contributed by atoms with van der Waals surface area (Å²) in [7, 11) is 0. The predicted molar refractivity (Wildman–Crippen MR) is 62.2 cm³/mol. The summed E-state index contributed by atoms with van der Waals surface area (Å²) in [5, 5.41) is 7.27. The third-order valence-electron chi connectivity index (χ3n) is 3.64. The minimum absolute atomic E-state index is 0.296. The average molecular weight is 210 g/mol. The van der Waals surface area contributed by atoms with Gasteiger partial charge in [0, 0.05) is 32.2 Å². The molecule has 2 aliphatic rings. The van der Waals surface area contributed by atoms with E-state index in [9.17, 15) is 0 Å². The van der Waals surface area contributed by atoms with Crippen molar-refractivity contribution in [3.05, 3.63) is 0 Å². The molecule has 0 unspecified atom stereocenters. The Kier molecular flexibility index (Phi) is 3.59. The minimum Gasteiger partial charge on any atom is -0.387 e. The maximum atomic E-state index is 7.27. The molecule has 1 saturated heterocycles. The van der Waals surface area contributed by atoms with Crippen molar-refractivity contribution in [1.29, 1.82) is 5.41 Å². The summed E-state index contributed by atoms with van der Waals surface area (Å²) >= 11 is 0. The average Bonchev–Trinajstić information content (AvgIpc) is 2.71. The highest BCUT2D eigenvalue weighted by Crippen LogP contribution is 2.24. The van der Waals surface area contributed by atoms with Crippen molar-refractivity contribution in [2.75, 3.05) is 32.7 Å². The molecule has 4 nitrogen and oxygen atoms in total. The maximum absolute atomic E-state index is 7.27. The lowest BCUT2D eigenvalue weighted by Gasteiger charge is -2.37. The van der Waals surface area contributed by atoms with Crippen molar-refractivity contribution in [1.82, 2.24) is 9.80 Å². The van der Waals surface area contributed by atoms with E-state index in [4.69, 9.17) is 11.1 Å². The Morgan fingerprint density at radius 2 is 1.73 bits per heavy atom. The predicted octanol–water partition coefficient (Wildman–Crippen LogP) is 0.483. The van der Waals surface area contributed by atoms with Gasteiger partial charge in [0.05, 0.1) is 6.54 Å². The molecule has 0 aromatic carbocycles. The van der Waals surface area contributed by atoms with Gasteiger partial charge in [-0.3, -0.25) is 15.2 Å². The molecule has 0 spiro atoms. The monoisotopic (exact) mass is 210 g/mol. The van der Waals surface area contributed by atoms with Gasteiger partial charge in [0.15, 0.2) is 0 Å². The summed E-state index contributed by atoms with van der Waals surface area (Å²) in [5.74, 6) is 0.296. The van der Waals surface area contributed by atoms with Crippen LogP contribution in [-0.4, -0.2) is 54.4 Å². The SMILES string of the molecule is N=C(N)CN1CCN(C2CCCC2)CC1. The molecular weight excluding hydrogens is 188 g/mol. The lowest BCUT2D eigenvalue weighted by atomic mass is 10.2. The molecule has 1 saturated carbocycles. The first kappa shape index (κ1) is 10.9. The highest BCUT2D eigenvalue weighted by molar-refractivity contribution is 5.78. The summed E-state index contributed by atoms with van der Waals surface area (Å²) in [6.45, 7) is 5.14. The van der Waals surface area contributed by atoms with Crippen LogP contribution in [0.25, 0.3) is 0 Å². The number of piperazine rings is 1. The van der Waals surface area contributed by atoms with Crippen LogP contribution in [0.15, 0.2) is 0 Å². The number of rotatable bonds is 3. The molecule has 1 aliphatic carbocycles. The zero-order valence-corrected chi connectivity index (χ0v) is 9.41. The van der Waals surface area contributed by atoms with Crippen LogP contribution in [0.5, 0.6) is 0 Å². The molecule has 0 atom stereocenters. The van der Waals surface area contributed by atoms with Crippen LogP contribution >= 0.6 is 0 Å². The molecule has 2 fully saturated rings. The molecule has 2 rings (SSSR count). The molecule has 1 heterocycles. The van der Waals surface area contributed by atoms with Gasteiger partial charge < -0.3 is 5.73 Å². The van der Waals surface area contributed by atoms with Gasteiger partial charge in [0.1, 0.15) is 5.84 Å². The second-order valence-electron chi connectivity index (χ2n) is 4.78. The second kappa shape index (κ2) is 4.94. The van der Waals surface area contributed by atoms with E-state index in [0.29, 0.717) is 12.4 Å². The van der Waals surface area contributed by atoms with Gasteiger partial charge in [0.2, 0.25) is 0 Å². The Hall–Kier alpha value is -0.610. The molecule has 0 radical (unpaired) electrons. The van der Waals surface area contributed by atoms with Gasteiger partial charge in [-0.15, -0.1) is 0 Å². The summed E-state index contributed by atoms with van der Waals surface area (Å²) in [5.41, 5.74) is 5.41. The molecule has 0 aromatic rings. The van der Waals surface area contributed by atoms with E-state index in [-0.39, 0.29) is 0 Å². The normalized spacial score (nSPS) is 25.9. The topological polar surface area (TPSA) is 56.4 Å². The van der Waals surface area contributed by atoms with Gasteiger partial charge in [-0.25, -0.2) is 0 Å². The molecular formula is C11H22N4. The summed E-state index contributed by atoms with van der Waals surface area (Å²) in [6, 6.07) is 0.851. The molecule has 3 N–H and O–H groups in total. The van der Waals surface area contributed by atoms with Crippen LogP contribution in [0.4, 0.5) is 0 Å². The molecule has 4 heteroatoms. The molecule has 86 valence electrons. The fourth-order valence-corrected chi connectivity index (χ4v) is 2.80. The minimum atomic E-state index is 0.296. The van der Waals surface area contributed by atoms with E-state index in [0.717, 1.165) is 32.2 Å². The van der Waals surface area contributed by atoms with Crippen LogP contribution in [0.1, 0.15) is 25.7 Å². The van der Waals surface area contributed by atoms with E-state index < -0.39 is 0 Å². The molecule has 15 heavy (non-hydrogen) atoms. The van der Waals surface area contributed by atoms with Gasteiger partial charge >= 0.3 is 0 Å². The van der Waals surface area contributed by atoms with Gasteiger partial charge in [-0.1, -0.05) is 12.8 Å². The number of hydrogen-bond acceptors (Lipinski definition) is 3. The third kappa shape index (κ3) is 2.92. The lowest BCUT2D eigenvalue weighted by Crippen LogP contribution is -2.51. The van der Waals surface area contributed by atoms with Crippen molar-refractivity contribution in [3.8, 4) is 0 Å². The summed E-state index contributed by atoms with van der Waals surface area (Å²) < 4.78 is 0. The van der Waals surface area contributed by atoms with E-state index >= 15 is 0 Å². The maximum Gasteiger partial charge on any atom is 0.105 e. The van der Waals surface area contributed by atoms with Crippen LogP contribution in [0.3, 0.4) is 0 Å². The molecule has 0 aromatic heterocycles. The molecule has 1 aliphatic heterocycles. The number of amidine groups is 1.